The van der Waals surface area contributed by atoms with Crippen molar-refractivity contribution >= 4 is 11.8 Å². The Kier molecular flexibility index (Phi) is 4.39. The second kappa shape index (κ2) is 6.62. The number of methoxy groups -OCH3 is 1. The highest BCUT2D eigenvalue weighted by molar-refractivity contribution is 7.99. The van der Waals surface area contributed by atoms with Crippen LogP contribution in [-0.4, -0.2) is 27.3 Å². The largest absolute Gasteiger partial charge is 0.494 e. The van der Waals surface area contributed by atoms with Crippen LogP contribution in [0.2, 0.25) is 0 Å². The van der Waals surface area contributed by atoms with E-state index in [1.807, 2.05) is 42.5 Å². The Balaban J connectivity index is 1.90. The Morgan fingerprint density at radius 3 is 2.55 bits per heavy atom. The average molecular weight is 312 g/mol. The monoisotopic (exact) mass is 312 g/mol. The van der Waals surface area contributed by atoms with E-state index >= 15 is 0 Å². The maximum absolute atomic E-state index is 5.39. The number of aromatic nitrogens is 4. The molecule has 112 valence electrons. The Morgan fingerprint density at radius 2 is 1.77 bits per heavy atom. The highest BCUT2D eigenvalue weighted by Crippen LogP contribution is 2.35. The van der Waals surface area contributed by atoms with Gasteiger partial charge in [0.25, 0.3) is 0 Å². The molecule has 1 atom stereocenters. The van der Waals surface area contributed by atoms with Gasteiger partial charge in [0.2, 0.25) is 5.16 Å². The van der Waals surface area contributed by atoms with Crippen molar-refractivity contribution in [1.82, 2.24) is 20.2 Å². The Hall–Kier alpha value is -2.34. The number of para-hydroxylation sites is 2. The second-order valence-electron chi connectivity index (χ2n) is 4.72. The molecule has 0 saturated carbocycles. The van der Waals surface area contributed by atoms with Crippen LogP contribution in [-0.2, 0) is 0 Å². The zero-order valence-electron chi connectivity index (χ0n) is 12.4. The SMILES string of the molecule is COc1ccccc1-n1nnnc1S[C@@H](C)c1ccccc1. The summed E-state index contributed by atoms with van der Waals surface area (Å²) >= 11 is 1.62. The smallest absolute Gasteiger partial charge is 0.214 e. The third-order valence-corrected chi connectivity index (χ3v) is 4.40. The van der Waals surface area contributed by atoms with Gasteiger partial charge in [0.1, 0.15) is 11.4 Å². The minimum Gasteiger partial charge on any atom is -0.494 e. The summed E-state index contributed by atoms with van der Waals surface area (Å²) in [5.41, 5.74) is 2.07. The standard InChI is InChI=1S/C16H16N4OS/c1-12(13-8-4-3-5-9-13)22-16-17-18-19-20(16)14-10-6-7-11-15(14)21-2/h3-12H,1-2H3/t12-/m0/s1. The lowest BCUT2D eigenvalue weighted by molar-refractivity contribution is 0.410. The molecule has 0 bridgehead atoms. The molecule has 0 aliphatic heterocycles. The fourth-order valence-electron chi connectivity index (χ4n) is 2.16. The van der Waals surface area contributed by atoms with Gasteiger partial charge in [-0.1, -0.05) is 54.2 Å². The molecule has 2 aromatic carbocycles. The molecular formula is C16H16N4OS. The fraction of sp³-hybridized carbons (Fsp3) is 0.188. The molecule has 0 aliphatic rings. The summed E-state index contributed by atoms with van der Waals surface area (Å²) in [5, 5.41) is 13.0. The van der Waals surface area contributed by atoms with Crippen LogP contribution >= 0.6 is 11.8 Å². The number of hydrogen-bond donors (Lipinski definition) is 0. The summed E-state index contributed by atoms with van der Waals surface area (Å²) in [6, 6.07) is 18.0. The highest BCUT2D eigenvalue weighted by atomic mass is 32.2. The Labute approximate surface area is 133 Å². The molecule has 0 radical (unpaired) electrons. The van der Waals surface area contributed by atoms with Crippen molar-refractivity contribution in [3.05, 3.63) is 60.2 Å². The van der Waals surface area contributed by atoms with Gasteiger partial charge in [-0.05, 0) is 35.0 Å². The van der Waals surface area contributed by atoms with Crippen LogP contribution in [0.1, 0.15) is 17.7 Å². The molecule has 0 saturated heterocycles. The minimum absolute atomic E-state index is 0.251. The van der Waals surface area contributed by atoms with Crippen molar-refractivity contribution in [2.24, 2.45) is 0 Å². The van der Waals surface area contributed by atoms with Gasteiger partial charge in [-0.15, -0.1) is 5.10 Å². The van der Waals surface area contributed by atoms with Crippen LogP contribution in [0.25, 0.3) is 5.69 Å². The molecular weight excluding hydrogens is 296 g/mol. The van der Waals surface area contributed by atoms with Crippen molar-refractivity contribution in [3.63, 3.8) is 0 Å². The molecule has 5 nitrogen and oxygen atoms in total. The van der Waals surface area contributed by atoms with E-state index in [-0.39, 0.29) is 5.25 Å². The van der Waals surface area contributed by atoms with Crippen LogP contribution in [0.4, 0.5) is 0 Å². The fourth-order valence-corrected chi connectivity index (χ4v) is 3.09. The lowest BCUT2D eigenvalue weighted by Gasteiger charge is -2.12. The third-order valence-electron chi connectivity index (χ3n) is 3.31. The molecule has 0 fully saturated rings. The van der Waals surface area contributed by atoms with Gasteiger partial charge in [-0.3, -0.25) is 0 Å². The predicted molar refractivity (Wildman–Crippen MR) is 86.4 cm³/mol. The number of thioether (sulfide) groups is 1. The lowest BCUT2D eigenvalue weighted by atomic mass is 10.2. The molecule has 0 N–H and O–H groups in total. The van der Waals surface area contributed by atoms with Gasteiger partial charge >= 0.3 is 0 Å². The highest BCUT2D eigenvalue weighted by Gasteiger charge is 2.16. The summed E-state index contributed by atoms with van der Waals surface area (Å²) in [5.74, 6) is 0.740. The lowest BCUT2D eigenvalue weighted by Crippen LogP contribution is -2.02. The normalized spacial score (nSPS) is 12.1. The molecule has 0 spiro atoms. The van der Waals surface area contributed by atoms with Crippen molar-refractivity contribution < 1.29 is 4.74 Å². The third kappa shape index (κ3) is 2.96. The van der Waals surface area contributed by atoms with Crippen LogP contribution in [0.3, 0.4) is 0 Å². The van der Waals surface area contributed by atoms with E-state index in [1.54, 1.807) is 23.6 Å². The van der Waals surface area contributed by atoms with E-state index in [4.69, 9.17) is 4.74 Å². The maximum atomic E-state index is 5.39. The number of ether oxygens (including phenoxy) is 1. The van der Waals surface area contributed by atoms with Crippen LogP contribution < -0.4 is 4.74 Å². The topological polar surface area (TPSA) is 52.8 Å². The molecule has 3 aromatic rings. The first-order valence-electron chi connectivity index (χ1n) is 6.93. The molecule has 0 amide bonds. The number of tetrazole rings is 1. The summed E-state index contributed by atoms with van der Waals surface area (Å²) in [7, 11) is 1.64. The van der Waals surface area contributed by atoms with E-state index in [9.17, 15) is 0 Å². The van der Waals surface area contributed by atoms with Crippen molar-refractivity contribution in [1.29, 1.82) is 0 Å². The van der Waals surface area contributed by atoms with Gasteiger partial charge in [-0.25, -0.2) is 0 Å². The second-order valence-corrected chi connectivity index (χ2v) is 6.02. The van der Waals surface area contributed by atoms with Crippen molar-refractivity contribution in [3.8, 4) is 11.4 Å². The van der Waals surface area contributed by atoms with Gasteiger partial charge in [0.05, 0.1) is 7.11 Å². The van der Waals surface area contributed by atoms with E-state index in [2.05, 4.69) is 34.6 Å². The van der Waals surface area contributed by atoms with E-state index < -0.39 is 0 Å². The number of hydrogen-bond acceptors (Lipinski definition) is 5. The molecule has 22 heavy (non-hydrogen) atoms. The zero-order chi connectivity index (χ0) is 15.4. The van der Waals surface area contributed by atoms with Crippen molar-refractivity contribution in [2.75, 3.05) is 7.11 Å². The molecule has 0 aliphatic carbocycles. The molecule has 3 rings (SSSR count). The van der Waals surface area contributed by atoms with Gasteiger partial charge in [-0.2, -0.15) is 4.68 Å². The maximum Gasteiger partial charge on any atom is 0.214 e. The zero-order valence-corrected chi connectivity index (χ0v) is 13.2. The summed E-state index contributed by atoms with van der Waals surface area (Å²) in [6.07, 6.45) is 0. The van der Waals surface area contributed by atoms with E-state index in [0.717, 1.165) is 16.6 Å². The quantitative estimate of drug-likeness (QED) is 0.675. The minimum atomic E-state index is 0.251. The number of benzene rings is 2. The molecule has 6 heteroatoms. The molecule has 0 unspecified atom stereocenters. The van der Waals surface area contributed by atoms with Gasteiger partial charge in [0.15, 0.2) is 0 Å². The van der Waals surface area contributed by atoms with E-state index in [1.165, 1.54) is 5.56 Å². The molecule has 1 aromatic heterocycles. The first kappa shape index (κ1) is 14.6. The summed E-state index contributed by atoms with van der Waals surface area (Å²) in [4.78, 5) is 0. The van der Waals surface area contributed by atoms with Gasteiger partial charge < -0.3 is 4.74 Å². The number of rotatable bonds is 5. The Morgan fingerprint density at radius 1 is 1.05 bits per heavy atom. The van der Waals surface area contributed by atoms with E-state index in [0.29, 0.717) is 0 Å². The number of nitrogens with zero attached hydrogens (tertiary/aromatic N) is 4. The first-order chi connectivity index (χ1) is 10.8. The summed E-state index contributed by atoms with van der Waals surface area (Å²) < 4.78 is 7.10. The predicted octanol–water partition coefficient (Wildman–Crippen LogP) is 3.52. The average Bonchev–Trinajstić information content (AvgIpc) is 3.03. The summed E-state index contributed by atoms with van der Waals surface area (Å²) in [6.45, 7) is 2.14. The first-order valence-corrected chi connectivity index (χ1v) is 7.81. The van der Waals surface area contributed by atoms with Gasteiger partial charge in [0, 0.05) is 5.25 Å². The van der Waals surface area contributed by atoms with Crippen LogP contribution in [0.5, 0.6) is 5.75 Å². The Bertz CT molecular complexity index is 745. The van der Waals surface area contributed by atoms with Crippen LogP contribution in [0, 0.1) is 0 Å². The van der Waals surface area contributed by atoms with Crippen LogP contribution in [0.15, 0.2) is 59.8 Å². The molecule has 1 heterocycles. The van der Waals surface area contributed by atoms with Crippen molar-refractivity contribution in [2.45, 2.75) is 17.3 Å².